The number of benzene rings is 1. The molecular formula is C17H23NO2S. The summed E-state index contributed by atoms with van der Waals surface area (Å²) < 4.78 is 5.87. The molecule has 0 saturated heterocycles. The van der Waals surface area contributed by atoms with Gasteiger partial charge in [0.1, 0.15) is 5.75 Å². The number of nitrogens with zero attached hydrogens (tertiary/aromatic N) is 1. The Morgan fingerprint density at radius 2 is 2.05 bits per heavy atom. The Balaban J connectivity index is 1.95. The largest absolute Gasteiger partial charge is 0.493 e. The monoisotopic (exact) mass is 305 g/mol. The van der Waals surface area contributed by atoms with Gasteiger partial charge in [-0.3, -0.25) is 0 Å². The van der Waals surface area contributed by atoms with Crippen molar-refractivity contribution in [2.24, 2.45) is 0 Å². The summed E-state index contributed by atoms with van der Waals surface area (Å²) in [4.78, 5) is 5.62. The molecule has 0 saturated carbocycles. The van der Waals surface area contributed by atoms with Crippen molar-refractivity contribution >= 4 is 11.3 Å². The van der Waals surface area contributed by atoms with Crippen molar-refractivity contribution < 1.29 is 9.84 Å². The molecule has 2 rings (SSSR count). The number of ether oxygens (including phenoxy) is 1. The number of aromatic nitrogens is 1. The quantitative estimate of drug-likeness (QED) is 0.845. The molecule has 0 radical (unpaired) electrons. The lowest BCUT2D eigenvalue weighted by Gasteiger charge is -2.09. The molecule has 0 amide bonds. The third kappa shape index (κ3) is 4.29. The first-order chi connectivity index (χ1) is 10.1. The number of thiazole rings is 1. The Hall–Kier alpha value is -1.39. The van der Waals surface area contributed by atoms with Gasteiger partial charge in [0.2, 0.25) is 0 Å². The molecular weight excluding hydrogens is 282 g/mol. The third-order valence-electron chi connectivity index (χ3n) is 3.37. The molecule has 0 aliphatic carbocycles. The third-order valence-corrected chi connectivity index (χ3v) is 4.51. The normalized spacial score (nSPS) is 10.9. The van der Waals surface area contributed by atoms with Gasteiger partial charge >= 0.3 is 0 Å². The Morgan fingerprint density at radius 3 is 2.76 bits per heavy atom. The topological polar surface area (TPSA) is 42.4 Å². The first-order valence-corrected chi connectivity index (χ1v) is 8.24. The van der Waals surface area contributed by atoms with Gasteiger partial charge in [-0.05, 0) is 37.5 Å². The highest BCUT2D eigenvalue weighted by Crippen LogP contribution is 2.22. The fourth-order valence-corrected chi connectivity index (χ4v) is 3.17. The van der Waals surface area contributed by atoms with Crippen LogP contribution in [0.4, 0.5) is 0 Å². The smallest absolute Gasteiger partial charge is 0.122 e. The average Bonchev–Trinajstić information content (AvgIpc) is 2.85. The number of hydrogen-bond donors (Lipinski definition) is 1. The van der Waals surface area contributed by atoms with Crippen LogP contribution in [-0.2, 0) is 19.4 Å². The van der Waals surface area contributed by atoms with E-state index < -0.39 is 0 Å². The highest BCUT2D eigenvalue weighted by molar-refractivity contribution is 7.11. The predicted octanol–water partition coefficient (Wildman–Crippen LogP) is 3.83. The van der Waals surface area contributed by atoms with Gasteiger partial charge in [-0.1, -0.05) is 25.5 Å². The highest BCUT2D eigenvalue weighted by atomic mass is 32.1. The Labute approximate surface area is 130 Å². The first-order valence-electron chi connectivity index (χ1n) is 7.42. The van der Waals surface area contributed by atoms with E-state index in [0.29, 0.717) is 6.61 Å². The molecule has 4 heteroatoms. The van der Waals surface area contributed by atoms with Crippen LogP contribution >= 0.6 is 11.3 Å². The molecule has 114 valence electrons. The Kier molecular flexibility index (Phi) is 5.76. The van der Waals surface area contributed by atoms with E-state index in [1.807, 2.05) is 0 Å². The maximum Gasteiger partial charge on any atom is 0.122 e. The summed E-state index contributed by atoms with van der Waals surface area (Å²) in [6, 6.07) is 6.24. The molecule has 0 bridgehead atoms. The summed E-state index contributed by atoms with van der Waals surface area (Å²) in [6.45, 7) is 6.96. The van der Waals surface area contributed by atoms with Gasteiger partial charge in [-0.2, -0.15) is 0 Å². The first kappa shape index (κ1) is 16.0. The molecule has 0 atom stereocenters. The summed E-state index contributed by atoms with van der Waals surface area (Å²) in [5, 5.41) is 10.4. The van der Waals surface area contributed by atoms with E-state index in [9.17, 15) is 5.11 Å². The minimum absolute atomic E-state index is 0.0881. The van der Waals surface area contributed by atoms with Gasteiger partial charge in [0, 0.05) is 6.42 Å². The molecule has 1 aromatic heterocycles. The van der Waals surface area contributed by atoms with Crippen molar-refractivity contribution in [1.82, 2.24) is 4.98 Å². The fourth-order valence-electron chi connectivity index (χ4n) is 2.21. The number of rotatable bonds is 7. The lowest BCUT2D eigenvalue weighted by Crippen LogP contribution is -2.02. The SMILES string of the molecule is CCCc1nc(CCOc2cc(C)ccc2C)sc1CO. The number of aliphatic hydroxyl groups is 1. The zero-order valence-corrected chi connectivity index (χ0v) is 13.8. The summed E-state index contributed by atoms with van der Waals surface area (Å²) in [5.41, 5.74) is 3.41. The lowest BCUT2D eigenvalue weighted by molar-refractivity contribution is 0.284. The van der Waals surface area contributed by atoms with Crippen LogP contribution in [0.15, 0.2) is 18.2 Å². The number of aryl methyl sites for hydroxylation is 3. The molecule has 1 heterocycles. The van der Waals surface area contributed by atoms with Crippen molar-refractivity contribution in [1.29, 1.82) is 0 Å². The van der Waals surface area contributed by atoms with Gasteiger partial charge in [-0.15, -0.1) is 11.3 Å². The maximum absolute atomic E-state index is 9.37. The van der Waals surface area contributed by atoms with Crippen molar-refractivity contribution in [3.8, 4) is 5.75 Å². The van der Waals surface area contributed by atoms with Gasteiger partial charge in [-0.25, -0.2) is 4.98 Å². The maximum atomic E-state index is 9.37. The fraction of sp³-hybridized carbons (Fsp3) is 0.471. The predicted molar refractivity (Wildman–Crippen MR) is 87.1 cm³/mol. The molecule has 0 unspecified atom stereocenters. The molecule has 2 aromatic rings. The average molecular weight is 305 g/mol. The van der Waals surface area contributed by atoms with E-state index in [-0.39, 0.29) is 6.61 Å². The van der Waals surface area contributed by atoms with Crippen LogP contribution in [0.5, 0.6) is 5.75 Å². The zero-order valence-electron chi connectivity index (χ0n) is 13.0. The summed E-state index contributed by atoms with van der Waals surface area (Å²) in [7, 11) is 0. The van der Waals surface area contributed by atoms with Gasteiger partial charge < -0.3 is 9.84 Å². The van der Waals surface area contributed by atoms with Crippen LogP contribution in [0, 0.1) is 13.8 Å². The van der Waals surface area contributed by atoms with Gasteiger partial charge in [0.15, 0.2) is 0 Å². The second-order valence-electron chi connectivity index (χ2n) is 5.25. The van der Waals surface area contributed by atoms with Crippen LogP contribution in [0.25, 0.3) is 0 Å². The van der Waals surface area contributed by atoms with Crippen LogP contribution in [0.3, 0.4) is 0 Å². The Morgan fingerprint density at radius 1 is 1.24 bits per heavy atom. The Bertz CT molecular complexity index is 592. The summed E-state index contributed by atoms with van der Waals surface area (Å²) >= 11 is 1.60. The molecule has 0 aliphatic rings. The number of hydrogen-bond acceptors (Lipinski definition) is 4. The van der Waals surface area contributed by atoms with E-state index in [2.05, 4.69) is 44.0 Å². The van der Waals surface area contributed by atoms with Crippen molar-refractivity contribution in [2.75, 3.05) is 6.61 Å². The summed E-state index contributed by atoms with van der Waals surface area (Å²) in [6.07, 6.45) is 2.77. The van der Waals surface area contributed by atoms with E-state index in [1.165, 1.54) is 5.56 Å². The molecule has 3 nitrogen and oxygen atoms in total. The molecule has 0 spiro atoms. The molecule has 1 aromatic carbocycles. The molecule has 0 aliphatic heterocycles. The second kappa shape index (κ2) is 7.57. The van der Waals surface area contributed by atoms with Crippen molar-refractivity contribution in [3.05, 3.63) is 44.9 Å². The lowest BCUT2D eigenvalue weighted by atomic mass is 10.1. The van der Waals surface area contributed by atoms with E-state index in [4.69, 9.17) is 4.74 Å². The highest BCUT2D eigenvalue weighted by Gasteiger charge is 2.10. The van der Waals surface area contributed by atoms with Gasteiger partial charge in [0.05, 0.1) is 28.8 Å². The van der Waals surface area contributed by atoms with Crippen LogP contribution in [-0.4, -0.2) is 16.7 Å². The molecule has 21 heavy (non-hydrogen) atoms. The molecule has 0 fully saturated rings. The van der Waals surface area contributed by atoms with Gasteiger partial charge in [0.25, 0.3) is 0 Å². The van der Waals surface area contributed by atoms with E-state index >= 15 is 0 Å². The summed E-state index contributed by atoms with van der Waals surface area (Å²) in [5.74, 6) is 0.947. The van der Waals surface area contributed by atoms with Crippen LogP contribution in [0.2, 0.25) is 0 Å². The van der Waals surface area contributed by atoms with Crippen molar-refractivity contribution in [3.63, 3.8) is 0 Å². The standard InChI is InChI=1S/C17H23NO2S/c1-4-5-14-16(11-19)21-17(18-14)8-9-20-15-10-12(2)6-7-13(15)3/h6-7,10,19H,4-5,8-9,11H2,1-3H3. The van der Waals surface area contributed by atoms with Crippen LogP contribution < -0.4 is 4.74 Å². The van der Waals surface area contributed by atoms with Crippen LogP contribution in [0.1, 0.15) is 40.1 Å². The number of aliphatic hydroxyl groups excluding tert-OH is 1. The minimum Gasteiger partial charge on any atom is -0.493 e. The zero-order chi connectivity index (χ0) is 15.2. The van der Waals surface area contributed by atoms with Crippen molar-refractivity contribution in [2.45, 2.75) is 46.6 Å². The van der Waals surface area contributed by atoms with E-state index in [0.717, 1.165) is 46.2 Å². The van der Waals surface area contributed by atoms with E-state index in [1.54, 1.807) is 11.3 Å². The second-order valence-corrected chi connectivity index (χ2v) is 6.42. The molecule has 1 N–H and O–H groups in total. The minimum atomic E-state index is 0.0881.